The minimum absolute atomic E-state index is 0.0715. The van der Waals surface area contributed by atoms with Crippen LogP contribution in [0, 0.1) is 5.82 Å². The lowest BCUT2D eigenvalue weighted by Gasteiger charge is -2.19. The molecule has 0 bridgehead atoms. The molecule has 0 aliphatic carbocycles. The minimum atomic E-state index is -0.292. The van der Waals surface area contributed by atoms with Crippen molar-refractivity contribution in [3.63, 3.8) is 0 Å². The first-order valence-corrected chi connectivity index (χ1v) is 10.9. The molecule has 162 valence electrons. The first kappa shape index (κ1) is 23.1. The fourth-order valence-corrected chi connectivity index (χ4v) is 3.42. The Morgan fingerprint density at radius 3 is 2.41 bits per heavy atom. The molecular formula is C22H36FN5O. The molecule has 3 N–H and O–H groups in total. The van der Waals surface area contributed by atoms with E-state index in [4.69, 9.17) is 0 Å². The van der Waals surface area contributed by atoms with E-state index >= 15 is 0 Å². The van der Waals surface area contributed by atoms with Crippen LogP contribution in [-0.4, -0.2) is 62.6 Å². The van der Waals surface area contributed by atoms with Crippen LogP contribution in [0.4, 0.5) is 4.39 Å². The molecule has 0 atom stereocenters. The van der Waals surface area contributed by atoms with Crippen LogP contribution < -0.4 is 16.0 Å². The van der Waals surface area contributed by atoms with Gasteiger partial charge in [0.1, 0.15) is 5.82 Å². The molecular weight excluding hydrogens is 369 g/mol. The fourth-order valence-electron chi connectivity index (χ4n) is 3.42. The summed E-state index contributed by atoms with van der Waals surface area (Å²) < 4.78 is 12.9. The molecule has 0 radical (unpaired) electrons. The highest BCUT2D eigenvalue weighted by atomic mass is 19.1. The van der Waals surface area contributed by atoms with Gasteiger partial charge in [0.15, 0.2) is 5.96 Å². The Bertz CT molecular complexity index is 612. The van der Waals surface area contributed by atoms with Crippen LogP contribution in [0.2, 0.25) is 0 Å². The van der Waals surface area contributed by atoms with Crippen molar-refractivity contribution in [1.82, 2.24) is 20.9 Å². The lowest BCUT2D eigenvalue weighted by Crippen LogP contribution is -2.41. The van der Waals surface area contributed by atoms with E-state index in [1.807, 2.05) is 6.92 Å². The van der Waals surface area contributed by atoms with E-state index in [0.29, 0.717) is 13.1 Å². The number of aliphatic imine (C=N–C) groups is 1. The highest BCUT2D eigenvalue weighted by molar-refractivity contribution is 5.80. The number of guanidine groups is 1. The molecule has 1 aromatic carbocycles. The van der Waals surface area contributed by atoms with Crippen molar-refractivity contribution in [3.8, 4) is 0 Å². The number of nitrogens with one attached hydrogen (secondary N) is 3. The van der Waals surface area contributed by atoms with Crippen molar-refractivity contribution in [1.29, 1.82) is 0 Å². The lowest BCUT2D eigenvalue weighted by molar-refractivity contribution is -0.120. The minimum Gasteiger partial charge on any atom is -0.357 e. The largest absolute Gasteiger partial charge is 0.357 e. The topological polar surface area (TPSA) is 68.8 Å². The number of hydrogen-bond acceptors (Lipinski definition) is 3. The smallest absolute Gasteiger partial charge is 0.224 e. The average Bonchev–Trinajstić information content (AvgIpc) is 2.99. The van der Waals surface area contributed by atoms with Crippen LogP contribution >= 0.6 is 0 Å². The van der Waals surface area contributed by atoms with Gasteiger partial charge in [-0.15, -0.1) is 0 Å². The van der Waals surface area contributed by atoms with E-state index in [-0.39, 0.29) is 18.1 Å². The molecule has 1 amide bonds. The number of benzene rings is 1. The number of rotatable bonds is 10. The number of halogens is 1. The summed E-state index contributed by atoms with van der Waals surface area (Å²) in [4.78, 5) is 19.2. The molecule has 7 heteroatoms. The van der Waals surface area contributed by atoms with Crippen LogP contribution in [0.1, 0.15) is 44.6 Å². The highest BCUT2D eigenvalue weighted by Gasteiger charge is 2.08. The van der Waals surface area contributed by atoms with Gasteiger partial charge in [-0.2, -0.15) is 0 Å². The van der Waals surface area contributed by atoms with Crippen LogP contribution in [0.15, 0.2) is 29.3 Å². The number of nitrogens with zero attached hydrogens (tertiary/aromatic N) is 2. The van der Waals surface area contributed by atoms with Gasteiger partial charge in [-0.25, -0.2) is 4.39 Å². The van der Waals surface area contributed by atoms with Crippen molar-refractivity contribution in [3.05, 3.63) is 35.6 Å². The Labute approximate surface area is 174 Å². The van der Waals surface area contributed by atoms with Crippen molar-refractivity contribution in [2.45, 2.75) is 45.4 Å². The van der Waals surface area contributed by atoms with Gasteiger partial charge in [0.25, 0.3) is 0 Å². The summed E-state index contributed by atoms with van der Waals surface area (Å²) in [7, 11) is 0. The first-order chi connectivity index (χ1) is 14.2. The molecule has 1 fully saturated rings. The zero-order chi connectivity index (χ0) is 20.7. The number of amides is 1. The predicted molar refractivity (Wildman–Crippen MR) is 117 cm³/mol. The van der Waals surface area contributed by atoms with Gasteiger partial charge in [-0.1, -0.05) is 25.0 Å². The second kappa shape index (κ2) is 13.9. The van der Waals surface area contributed by atoms with Crippen LogP contribution in [0.3, 0.4) is 0 Å². The average molecular weight is 406 g/mol. The quantitative estimate of drug-likeness (QED) is 0.317. The molecule has 2 rings (SSSR count). The molecule has 6 nitrogen and oxygen atoms in total. The van der Waals surface area contributed by atoms with E-state index in [1.54, 1.807) is 12.1 Å². The normalized spacial score (nSPS) is 15.6. The molecule has 0 unspecified atom stereocenters. The van der Waals surface area contributed by atoms with Gasteiger partial charge in [0.2, 0.25) is 5.91 Å². The Balaban J connectivity index is 1.61. The highest BCUT2D eigenvalue weighted by Crippen LogP contribution is 2.09. The van der Waals surface area contributed by atoms with Crippen LogP contribution in [-0.2, 0) is 11.2 Å². The molecule has 1 heterocycles. The third kappa shape index (κ3) is 10.3. The number of carbonyl (C=O) groups is 1. The van der Waals surface area contributed by atoms with Gasteiger partial charge in [-0.05, 0) is 63.5 Å². The fraction of sp³-hybridized carbons (Fsp3) is 0.636. The standard InChI is InChI=1S/C22H36FN5O/c1-2-24-22(26-12-7-17-28-15-5-3-4-6-16-28)27-14-13-25-21(29)18-19-8-10-20(23)11-9-19/h8-11H,2-7,12-18H2,1H3,(H,25,29)(H2,24,26,27). The number of hydrogen-bond donors (Lipinski definition) is 3. The van der Waals surface area contributed by atoms with Crippen LogP contribution in [0.5, 0.6) is 0 Å². The molecule has 0 aromatic heterocycles. The number of likely N-dealkylation sites (tertiary alicyclic amines) is 1. The van der Waals surface area contributed by atoms with Crippen molar-refractivity contribution in [2.75, 3.05) is 45.8 Å². The summed E-state index contributed by atoms with van der Waals surface area (Å²) in [6.07, 6.45) is 6.68. The number of carbonyl (C=O) groups excluding carboxylic acids is 1. The van der Waals surface area contributed by atoms with E-state index in [0.717, 1.165) is 37.6 Å². The Morgan fingerprint density at radius 2 is 1.72 bits per heavy atom. The monoisotopic (exact) mass is 405 g/mol. The Morgan fingerprint density at radius 1 is 1.03 bits per heavy atom. The van der Waals surface area contributed by atoms with E-state index < -0.39 is 0 Å². The molecule has 1 aliphatic heterocycles. The van der Waals surface area contributed by atoms with Gasteiger partial charge in [-0.3, -0.25) is 9.79 Å². The van der Waals surface area contributed by atoms with E-state index in [2.05, 4.69) is 25.8 Å². The predicted octanol–water partition coefficient (Wildman–Crippen LogP) is 2.31. The van der Waals surface area contributed by atoms with Gasteiger partial charge >= 0.3 is 0 Å². The zero-order valence-electron chi connectivity index (χ0n) is 17.7. The Hall–Kier alpha value is -2.15. The molecule has 29 heavy (non-hydrogen) atoms. The van der Waals surface area contributed by atoms with Crippen molar-refractivity contribution >= 4 is 11.9 Å². The maximum atomic E-state index is 12.9. The maximum Gasteiger partial charge on any atom is 0.224 e. The van der Waals surface area contributed by atoms with Gasteiger partial charge in [0.05, 0.1) is 6.42 Å². The third-order valence-corrected chi connectivity index (χ3v) is 4.96. The summed E-state index contributed by atoms with van der Waals surface area (Å²) in [5.74, 6) is 0.425. The lowest BCUT2D eigenvalue weighted by atomic mass is 10.1. The van der Waals surface area contributed by atoms with Gasteiger partial charge in [0, 0.05) is 26.2 Å². The summed E-state index contributed by atoms with van der Waals surface area (Å²) in [5, 5.41) is 9.37. The van der Waals surface area contributed by atoms with Crippen molar-refractivity contribution < 1.29 is 9.18 Å². The summed E-state index contributed by atoms with van der Waals surface area (Å²) in [6.45, 7) is 8.31. The summed E-state index contributed by atoms with van der Waals surface area (Å²) in [5.41, 5.74) is 0.802. The molecule has 0 spiro atoms. The second-order valence-electron chi connectivity index (χ2n) is 7.45. The van der Waals surface area contributed by atoms with Crippen molar-refractivity contribution in [2.24, 2.45) is 4.99 Å². The third-order valence-electron chi connectivity index (χ3n) is 4.96. The van der Waals surface area contributed by atoms with Crippen LogP contribution in [0.25, 0.3) is 0 Å². The summed E-state index contributed by atoms with van der Waals surface area (Å²) >= 11 is 0. The second-order valence-corrected chi connectivity index (χ2v) is 7.45. The zero-order valence-corrected chi connectivity index (χ0v) is 17.7. The SMILES string of the molecule is CCNC(=NCCCN1CCCCCC1)NCCNC(=O)Cc1ccc(F)cc1. The maximum absolute atomic E-state index is 12.9. The molecule has 0 saturated carbocycles. The Kier molecular flexibility index (Phi) is 11.1. The molecule has 1 aromatic rings. The van der Waals surface area contributed by atoms with E-state index in [9.17, 15) is 9.18 Å². The molecule has 1 saturated heterocycles. The first-order valence-electron chi connectivity index (χ1n) is 10.9. The molecule has 1 aliphatic rings. The summed E-state index contributed by atoms with van der Waals surface area (Å²) in [6, 6.07) is 6.01. The van der Waals surface area contributed by atoms with Gasteiger partial charge < -0.3 is 20.9 Å². The van der Waals surface area contributed by atoms with E-state index in [1.165, 1.54) is 50.9 Å².